The highest BCUT2D eigenvalue weighted by molar-refractivity contribution is 6.32. The summed E-state index contributed by atoms with van der Waals surface area (Å²) in [5.74, 6) is 0.283. The van der Waals surface area contributed by atoms with Gasteiger partial charge in [-0.2, -0.15) is 0 Å². The van der Waals surface area contributed by atoms with Gasteiger partial charge in [0, 0.05) is 18.9 Å². The van der Waals surface area contributed by atoms with Crippen molar-refractivity contribution < 1.29 is 14.3 Å². The zero-order valence-corrected chi connectivity index (χ0v) is 14.6. The van der Waals surface area contributed by atoms with Gasteiger partial charge in [0.15, 0.2) is 0 Å². The number of ether oxygens (including phenoxy) is 1. The van der Waals surface area contributed by atoms with E-state index in [1.165, 1.54) is 0 Å². The molecule has 25 heavy (non-hydrogen) atoms. The van der Waals surface area contributed by atoms with Crippen LogP contribution in [0.5, 0.6) is 5.75 Å². The minimum absolute atomic E-state index is 0.0907. The molecular weight excluding hydrogens is 338 g/mol. The molecular formula is C20H20ClNO3. The van der Waals surface area contributed by atoms with Crippen LogP contribution in [0.2, 0.25) is 5.02 Å². The molecule has 1 amide bonds. The zero-order valence-electron chi connectivity index (χ0n) is 13.8. The number of hydrogen-bond donors (Lipinski definition) is 1. The van der Waals surface area contributed by atoms with Gasteiger partial charge >= 0.3 is 5.97 Å². The summed E-state index contributed by atoms with van der Waals surface area (Å²) in [4.78, 5) is 23.4. The molecule has 0 spiro atoms. The SMILES string of the molecule is O=C(CCCNC(=O)C1CC1)Oc1ccc(-c2ccccc2)cc1Cl. The Hall–Kier alpha value is -2.33. The topological polar surface area (TPSA) is 55.4 Å². The number of benzene rings is 2. The van der Waals surface area contributed by atoms with Gasteiger partial charge in [0.1, 0.15) is 5.75 Å². The van der Waals surface area contributed by atoms with Crippen LogP contribution in [0.1, 0.15) is 25.7 Å². The Morgan fingerprint density at radius 3 is 2.52 bits per heavy atom. The summed E-state index contributed by atoms with van der Waals surface area (Å²) in [6.07, 6.45) is 2.75. The first kappa shape index (κ1) is 17.5. The van der Waals surface area contributed by atoms with Crippen molar-refractivity contribution in [3.8, 4) is 16.9 Å². The van der Waals surface area contributed by atoms with Gasteiger partial charge in [0.05, 0.1) is 5.02 Å². The number of halogens is 1. The van der Waals surface area contributed by atoms with Crippen molar-refractivity contribution in [1.29, 1.82) is 0 Å². The average molecular weight is 358 g/mol. The Morgan fingerprint density at radius 2 is 1.84 bits per heavy atom. The highest BCUT2D eigenvalue weighted by Crippen LogP contribution is 2.31. The van der Waals surface area contributed by atoms with Gasteiger partial charge in [-0.15, -0.1) is 0 Å². The molecule has 0 unspecified atom stereocenters. The second-order valence-corrected chi connectivity index (χ2v) is 6.56. The minimum atomic E-state index is -0.352. The van der Waals surface area contributed by atoms with E-state index >= 15 is 0 Å². The van der Waals surface area contributed by atoms with Gasteiger partial charge in [-0.25, -0.2) is 0 Å². The maximum Gasteiger partial charge on any atom is 0.311 e. The summed E-state index contributed by atoms with van der Waals surface area (Å²) in [7, 11) is 0. The van der Waals surface area contributed by atoms with Crippen LogP contribution in [0, 0.1) is 5.92 Å². The highest BCUT2D eigenvalue weighted by Gasteiger charge is 2.29. The smallest absolute Gasteiger partial charge is 0.311 e. The summed E-state index contributed by atoms with van der Waals surface area (Å²) < 4.78 is 5.32. The molecule has 0 aliphatic heterocycles. The Bertz CT molecular complexity index is 757. The second-order valence-electron chi connectivity index (χ2n) is 6.15. The number of esters is 1. The summed E-state index contributed by atoms with van der Waals surface area (Å²) in [6.45, 7) is 0.491. The second kappa shape index (κ2) is 8.17. The average Bonchev–Trinajstić information content (AvgIpc) is 3.46. The van der Waals surface area contributed by atoms with Crippen LogP contribution < -0.4 is 10.1 Å². The number of carbonyl (C=O) groups is 2. The molecule has 1 saturated carbocycles. The van der Waals surface area contributed by atoms with Gasteiger partial charge in [-0.1, -0.05) is 48.0 Å². The first-order valence-electron chi connectivity index (χ1n) is 8.47. The number of amides is 1. The first-order chi connectivity index (χ1) is 12.1. The Labute approximate surface area is 152 Å². The van der Waals surface area contributed by atoms with E-state index in [4.69, 9.17) is 16.3 Å². The Kier molecular flexibility index (Phi) is 5.71. The maximum atomic E-state index is 11.9. The lowest BCUT2D eigenvalue weighted by atomic mass is 10.1. The van der Waals surface area contributed by atoms with E-state index in [2.05, 4.69) is 5.32 Å². The fraction of sp³-hybridized carbons (Fsp3) is 0.300. The van der Waals surface area contributed by atoms with Crippen molar-refractivity contribution in [2.45, 2.75) is 25.7 Å². The third-order valence-corrected chi connectivity index (χ3v) is 4.36. The van der Waals surface area contributed by atoms with E-state index in [0.717, 1.165) is 24.0 Å². The monoisotopic (exact) mass is 357 g/mol. The number of rotatable bonds is 7. The van der Waals surface area contributed by atoms with Gasteiger partial charge in [0.25, 0.3) is 0 Å². The van der Waals surface area contributed by atoms with Crippen LogP contribution in [-0.4, -0.2) is 18.4 Å². The van der Waals surface area contributed by atoms with Gasteiger partial charge < -0.3 is 10.1 Å². The largest absolute Gasteiger partial charge is 0.425 e. The molecule has 4 nitrogen and oxygen atoms in total. The van der Waals surface area contributed by atoms with Crippen LogP contribution in [0.3, 0.4) is 0 Å². The Morgan fingerprint density at radius 1 is 1.08 bits per heavy atom. The van der Waals surface area contributed by atoms with Crippen LogP contribution in [0.25, 0.3) is 11.1 Å². The van der Waals surface area contributed by atoms with Crippen molar-refractivity contribution in [3.63, 3.8) is 0 Å². The van der Waals surface area contributed by atoms with E-state index in [9.17, 15) is 9.59 Å². The number of nitrogens with one attached hydrogen (secondary N) is 1. The predicted molar refractivity (Wildman–Crippen MR) is 97.5 cm³/mol. The molecule has 5 heteroatoms. The lowest BCUT2D eigenvalue weighted by Gasteiger charge is -2.09. The molecule has 2 aromatic rings. The predicted octanol–water partition coefficient (Wildman–Crippen LogP) is 4.22. The van der Waals surface area contributed by atoms with E-state index < -0.39 is 0 Å². The molecule has 0 atom stereocenters. The van der Waals surface area contributed by atoms with E-state index in [1.807, 2.05) is 36.4 Å². The third-order valence-electron chi connectivity index (χ3n) is 4.07. The normalized spacial score (nSPS) is 13.3. The summed E-state index contributed by atoms with van der Waals surface area (Å²) >= 11 is 6.23. The van der Waals surface area contributed by atoms with Crippen molar-refractivity contribution in [2.24, 2.45) is 5.92 Å². The molecule has 1 N–H and O–H groups in total. The van der Waals surface area contributed by atoms with Crippen molar-refractivity contribution in [3.05, 3.63) is 53.6 Å². The highest BCUT2D eigenvalue weighted by atomic mass is 35.5. The van der Waals surface area contributed by atoms with Crippen molar-refractivity contribution >= 4 is 23.5 Å². The fourth-order valence-corrected chi connectivity index (χ4v) is 2.72. The van der Waals surface area contributed by atoms with Crippen molar-refractivity contribution in [1.82, 2.24) is 5.32 Å². The molecule has 2 aromatic carbocycles. The number of carbonyl (C=O) groups excluding carboxylic acids is 2. The van der Waals surface area contributed by atoms with E-state index in [1.54, 1.807) is 12.1 Å². The van der Waals surface area contributed by atoms with E-state index in [0.29, 0.717) is 23.7 Å². The minimum Gasteiger partial charge on any atom is -0.425 e. The summed E-state index contributed by atoms with van der Waals surface area (Å²) in [5.41, 5.74) is 2.02. The molecule has 1 aliphatic rings. The van der Waals surface area contributed by atoms with Crippen LogP contribution in [0.4, 0.5) is 0 Å². The van der Waals surface area contributed by atoms with Crippen LogP contribution >= 0.6 is 11.6 Å². The summed E-state index contributed by atoms with van der Waals surface area (Å²) in [6, 6.07) is 15.2. The van der Waals surface area contributed by atoms with Gasteiger partial charge in [0.2, 0.25) is 5.91 Å². The fourth-order valence-electron chi connectivity index (χ4n) is 2.50. The van der Waals surface area contributed by atoms with Gasteiger partial charge in [-0.3, -0.25) is 9.59 Å². The zero-order chi connectivity index (χ0) is 17.6. The third kappa shape index (κ3) is 5.07. The molecule has 0 bridgehead atoms. The van der Waals surface area contributed by atoms with Gasteiger partial charge in [-0.05, 0) is 42.5 Å². The lowest BCUT2D eigenvalue weighted by Crippen LogP contribution is -2.26. The quantitative estimate of drug-likeness (QED) is 0.458. The van der Waals surface area contributed by atoms with Crippen LogP contribution in [0.15, 0.2) is 48.5 Å². The molecule has 1 aliphatic carbocycles. The number of hydrogen-bond acceptors (Lipinski definition) is 3. The van der Waals surface area contributed by atoms with Crippen molar-refractivity contribution in [2.75, 3.05) is 6.54 Å². The molecule has 0 aromatic heterocycles. The van der Waals surface area contributed by atoms with Crippen LogP contribution in [-0.2, 0) is 9.59 Å². The Balaban J connectivity index is 1.48. The molecule has 0 heterocycles. The summed E-state index contributed by atoms with van der Waals surface area (Å²) in [5, 5.41) is 3.23. The molecule has 0 radical (unpaired) electrons. The molecule has 130 valence electrons. The molecule has 3 rings (SSSR count). The first-order valence-corrected chi connectivity index (χ1v) is 8.84. The standard InChI is InChI=1S/C20H20ClNO3/c21-17-13-16(14-5-2-1-3-6-14)10-11-18(17)25-19(23)7-4-12-22-20(24)15-8-9-15/h1-3,5-6,10-11,13,15H,4,7-9,12H2,(H,22,24). The lowest BCUT2D eigenvalue weighted by molar-refractivity contribution is -0.134. The molecule has 1 fully saturated rings. The molecule has 0 saturated heterocycles. The maximum absolute atomic E-state index is 11.9. The van der Waals surface area contributed by atoms with E-state index in [-0.39, 0.29) is 24.2 Å².